The van der Waals surface area contributed by atoms with Gasteiger partial charge in [-0.1, -0.05) is 26.7 Å². The molecule has 2 N–H and O–H groups in total. The molecule has 0 radical (unpaired) electrons. The maximum atomic E-state index is 4.69. The van der Waals surface area contributed by atoms with E-state index in [-0.39, 0.29) is 0 Å². The van der Waals surface area contributed by atoms with Gasteiger partial charge in [-0.2, -0.15) is 5.10 Å². The predicted octanol–water partition coefficient (Wildman–Crippen LogP) is 3.12. The zero-order valence-electron chi connectivity index (χ0n) is 15.6. The van der Waals surface area contributed by atoms with Gasteiger partial charge in [0.1, 0.15) is 0 Å². The third-order valence-corrected chi connectivity index (χ3v) is 3.80. The van der Waals surface area contributed by atoms with Gasteiger partial charge in [-0.3, -0.25) is 9.67 Å². The van der Waals surface area contributed by atoms with Crippen molar-refractivity contribution >= 4 is 5.96 Å². The van der Waals surface area contributed by atoms with Crippen molar-refractivity contribution in [2.75, 3.05) is 13.1 Å². The van der Waals surface area contributed by atoms with E-state index in [1.807, 2.05) is 17.9 Å². The molecule has 5 nitrogen and oxygen atoms in total. The minimum Gasteiger partial charge on any atom is -0.357 e. The predicted molar refractivity (Wildman–Crippen MR) is 98.8 cm³/mol. The Balaban J connectivity index is 2.31. The van der Waals surface area contributed by atoms with E-state index in [2.05, 4.69) is 54.6 Å². The molecule has 0 aromatic carbocycles. The van der Waals surface area contributed by atoms with Crippen molar-refractivity contribution in [3.63, 3.8) is 0 Å². The Hall–Kier alpha value is -1.52. The fraction of sp³-hybridized carbons (Fsp3) is 0.778. The Kier molecular flexibility index (Phi) is 9.41. The van der Waals surface area contributed by atoms with E-state index in [1.54, 1.807) is 0 Å². The number of aliphatic imine (C=N–C) groups is 1. The zero-order chi connectivity index (χ0) is 17.1. The fourth-order valence-corrected chi connectivity index (χ4v) is 2.53. The van der Waals surface area contributed by atoms with Crippen LogP contribution in [0, 0.1) is 5.92 Å². The minimum absolute atomic E-state index is 0.463. The molecule has 0 aliphatic heterocycles. The summed E-state index contributed by atoms with van der Waals surface area (Å²) in [6, 6.07) is 0.463. The highest BCUT2D eigenvalue weighted by Crippen LogP contribution is 2.08. The van der Waals surface area contributed by atoms with Crippen LogP contribution >= 0.6 is 0 Å². The van der Waals surface area contributed by atoms with Crippen LogP contribution in [0.25, 0.3) is 0 Å². The highest BCUT2D eigenvalue weighted by atomic mass is 15.2. The van der Waals surface area contributed by atoms with Gasteiger partial charge in [0, 0.05) is 32.4 Å². The van der Waals surface area contributed by atoms with E-state index >= 15 is 0 Å². The second-order valence-electron chi connectivity index (χ2n) is 6.76. The number of aryl methyl sites for hydroxylation is 2. The average Bonchev–Trinajstić information content (AvgIpc) is 2.89. The molecule has 23 heavy (non-hydrogen) atoms. The third-order valence-electron chi connectivity index (χ3n) is 3.80. The summed E-state index contributed by atoms with van der Waals surface area (Å²) in [7, 11) is 1.95. The van der Waals surface area contributed by atoms with Crippen molar-refractivity contribution in [1.29, 1.82) is 0 Å². The molecular weight excluding hydrogens is 286 g/mol. The molecule has 1 aromatic rings. The Labute approximate surface area is 142 Å². The molecule has 1 rings (SSSR count). The minimum atomic E-state index is 0.463. The summed E-state index contributed by atoms with van der Waals surface area (Å²) < 4.78 is 1.85. The smallest absolute Gasteiger partial charge is 0.191 e. The first-order valence-corrected chi connectivity index (χ1v) is 9.03. The number of nitrogens with one attached hydrogen (secondary N) is 2. The summed E-state index contributed by atoms with van der Waals surface area (Å²) in [5.41, 5.74) is 1.28. The van der Waals surface area contributed by atoms with Crippen LogP contribution in [0.15, 0.2) is 17.4 Å². The Bertz CT molecular complexity index is 450. The molecule has 1 heterocycles. The summed E-state index contributed by atoms with van der Waals surface area (Å²) in [5.74, 6) is 1.73. The van der Waals surface area contributed by atoms with Crippen LogP contribution in [0.2, 0.25) is 0 Å². The molecule has 132 valence electrons. The molecule has 1 unspecified atom stereocenters. The summed E-state index contributed by atoms with van der Waals surface area (Å²) in [4.78, 5) is 4.69. The molecule has 0 aliphatic carbocycles. The molecule has 0 saturated heterocycles. The van der Waals surface area contributed by atoms with Crippen LogP contribution < -0.4 is 10.6 Å². The molecule has 1 atom stereocenters. The second kappa shape index (κ2) is 11.1. The second-order valence-corrected chi connectivity index (χ2v) is 6.76. The van der Waals surface area contributed by atoms with E-state index in [4.69, 9.17) is 0 Å². The van der Waals surface area contributed by atoms with E-state index in [9.17, 15) is 0 Å². The lowest BCUT2D eigenvalue weighted by molar-refractivity contribution is 0.491. The molecular formula is C18H35N5. The Morgan fingerprint density at radius 1 is 1.26 bits per heavy atom. The van der Waals surface area contributed by atoms with Gasteiger partial charge in [0.05, 0.1) is 6.20 Å². The van der Waals surface area contributed by atoms with Crippen LogP contribution in [0.4, 0.5) is 0 Å². The van der Waals surface area contributed by atoms with Gasteiger partial charge in [-0.25, -0.2) is 0 Å². The van der Waals surface area contributed by atoms with Crippen molar-refractivity contribution in [2.45, 2.75) is 65.8 Å². The van der Waals surface area contributed by atoms with E-state index < -0.39 is 0 Å². The van der Waals surface area contributed by atoms with E-state index in [0.717, 1.165) is 37.8 Å². The topological polar surface area (TPSA) is 54.2 Å². The number of rotatable bonds is 10. The van der Waals surface area contributed by atoms with Gasteiger partial charge in [-0.15, -0.1) is 0 Å². The first-order valence-electron chi connectivity index (χ1n) is 9.03. The Morgan fingerprint density at radius 3 is 2.65 bits per heavy atom. The molecule has 1 aromatic heterocycles. The molecule has 0 aliphatic rings. The van der Waals surface area contributed by atoms with Crippen molar-refractivity contribution in [1.82, 2.24) is 20.4 Å². The van der Waals surface area contributed by atoms with Crippen molar-refractivity contribution in [2.24, 2.45) is 18.0 Å². The molecule has 0 amide bonds. The molecule has 0 bridgehead atoms. The number of nitrogens with zero attached hydrogens (tertiary/aromatic N) is 3. The number of hydrogen-bond donors (Lipinski definition) is 2. The lowest BCUT2D eigenvalue weighted by Gasteiger charge is -2.18. The first-order chi connectivity index (χ1) is 11.0. The summed E-state index contributed by atoms with van der Waals surface area (Å²) in [5, 5.41) is 11.1. The van der Waals surface area contributed by atoms with Crippen molar-refractivity contribution < 1.29 is 0 Å². The lowest BCUT2D eigenvalue weighted by Crippen LogP contribution is -2.42. The molecule has 5 heteroatoms. The molecule has 0 fully saturated rings. The maximum Gasteiger partial charge on any atom is 0.191 e. The summed E-state index contributed by atoms with van der Waals surface area (Å²) >= 11 is 0. The van der Waals surface area contributed by atoms with Crippen LogP contribution in [0.1, 0.15) is 58.9 Å². The monoisotopic (exact) mass is 321 g/mol. The highest BCUT2D eigenvalue weighted by Gasteiger charge is 2.05. The zero-order valence-corrected chi connectivity index (χ0v) is 15.6. The number of guanidine groups is 1. The standard InChI is InChI=1S/C18H35N5/c1-6-19-18(22-16(4)10-7-9-15(2)3)20-12-8-11-17-13-21-23(5)14-17/h13-16H,6-12H2,1-5H3,(H2,19,20,22). The highest BCUT2D eigenvalue weighted by molar-refractivity contribution is 5.80. The normalized spacial score (nSPS) is 13.4. The maximum absolute atomic E-state index is 4.69. The Morgan fingerprint density at radius 2 is 2.04 bits per heavy atom. The van der Waals surface area contributed by atoms with Gasteiger partial charge in [0.25, 0.3) is 0 Å². The summed E-state index contributed by atoms with van der Waals surface area (Å²) in [6.45, 7) is 10.6. The van der Waals surface area contributed by atoms with Crippen LogP contribution in [0.5, 0.6) is 0 Å². The van der Waals surface area contributed by atoms with E-state index in [0.29, 0.717) is 6.04 Å². The van der Waals surface area contributed by atoms with Crippen LogP contribution in [-0.4, -0.2) is 34.9 Å². The third kappa shape index (κ3) is 9.26. The van der Waals surface area contributed by atoms with Crippen LogP contribution in [0.3, 0.4) is 0 Å². The van der Waals surface area contributed by atoms with Crippen molar-refractivity contribution in [3.05, 3.63) is 18.0 Å². The fourth-order valence-electron chi connectivity index (χ4n) is 2.53. The molecule has 0 saturated carbocycles. The molecule has 0 spiro atoms. The summed E-state index contributed by atoms with van der Waals surface area (Å²) in [6.07, 6.45) is 9.84. The van der Waals surface area contributed by atoms with Crippen LogP contribution in [-0.2, 0) is 13.5 Å². The largest absolute Gasteiger partial charge is 0.357 e. The van der Waals surface area contributed by atoms with Crippen molar-refractivity contribution in [3.8, 4) is 0 Å². The van der Waals surface area contributed by atoms with Gasteiger partial charge < -0.3 is 10.6 Å². The van der Waals surface area contributed by atoms with Gasteiger partial charge in [-0.05, 0) is 44.6 Å². The quantitative estimate of drug-likeness (QED) is 0.395. The lowest BCUT2D eigenvalue weighted by atomic mass is 10.0. The number of aromatic nitrogens is 2. The SMILES string of the molecule is CCNC(=NCCCc1cnn(C)c1)NC(C)CCCC(C)C. The van der Waals surface area contributed by atoms with E-state index in [1.165, 1.54) is 24.8 Å². The number of hydrogen-bond acceptors (Lipinski definition) is 2. The first kappa shape index (κ1) is 19.5. The van der Waals surface area contributed by atoms with Gasteiger partial charge >= 0.3 is 0 Å². The van der Waals surface area contributed by atoms with Gasteiger partial charge in [0.15, 0.2) is 5.96 Å². The average molecular weight is 322 g/mol. The van der Waals surface area contributed by atoms with Gasteiger partial charge in [0.2, 0.25) is 0 Å².